The molecule has 2 N–H and O–H groups in total. The molecule has 1 aliphatic carbocycles. The minimum atomic E-state index is -0.112. The summed E-state index contributed by atoms with van der Waals surface area (Å²) in [5.41, 5.74) is 2.08. The van der Waals surface area contributed by atoms with Gasteiger partial charge in [0.15, 0.2) is 5.82 Å². The van der Waals surface area contributed by atoms with Crippen molar-refractivity contribution in [2.24, 2.45) is 11.8 Å². The molecule has 30 heavy (non-hydrogen) atoms. The van der Waals surface area contributed by atoms with Crippen molar-refractivity contribution in [1.29, 1.82) is 0 Å². The van der Waals surface area contributed by atoms with Crippen molar-refractivity contribution in [3.8, 4) is 17.1 Å². The molecule has 1 amide bonds. The molecule has 1 saturated heterocycles. The molecule has 3 atom stereocenters. The first-order chi connectivity index (χ1) is 14.7. The number of aromatic nitrogens is 2. The zero-order valence-corrected chi connectivity index (χ0v) is 17.1. The van der Waals surface area contributed by atoms with E-state index < -0.39 is 0 Å². The Labute approximate surface area is 176 Å². The highest BCUT2D eigenvalue weighted by atomic mass is 16.5. The number of fused-ring (bicyclic) bond motifs is 2. The van der Waals surface area contributed by atoms with Gasteiger partial charge in [0.05, 0.1) is 12.1 Å². The first kappa shape index (κ1) is 19.0. The molecule has 3 aromatic rings. The Morgan fingerprint density at radius 3 is 2.53 bits per heavy atom. The van der Waals surface area contributed by atoms with Gasteiger partial charge < -0.3 is 15.4 Å². The molecule has 6 heteroatoms. The van der Waals surface area contributed by atoms with Crippen molar-refractivity contribution in [3.63, 3.8) is 0 Å². The summed E-state index contributed by atoms with van der Waals surface area (Å²) in [4.78, 5) is 22.6. The molecule has 1 saturated carbocycles. The van der Waals surface area contributed by atoms with Crippen LogP contribution in [0.3, 0.4) is 0 Å². The van der Waals surface area contributed by atoms with Crippen molar-refractivity contribution >= 4 is 16.8 Å². The lowest BCUT2D eigenvalue weighted by atomic mass is 10.0. The highest BCUT2D eigenvalue weighted by molar-refractivity contribution is 6.05. The lowest BCUT2D eigenvalue weighted by Gasteiger charge is -2.15. The highest BCUT2D eigenvalue weighted by Gasteiger charge is 2.38. The number of hydrogen-bond acceptors (Lipinski definition) is 5. The van der Waals surface area contributed by atoms with E-state index in [-0.39, 0.29) is 11.9 Å². The molecular weight excluding hydrogens is 376 g/mol. The van der Waals surface area contributed by atoms with Crippen LogP contribution >= 0.6 is 0 Å². The van der Waals surface area contributed by atoms with Gasteiger partial charge in [0.2, 0.25) is 0 Å². The fourth-order valence-electron chi connectivity index (χ4n) is 4.78. The fraction of sp³-hybridized carbons (Fsp3) is 0.375. The highest BCUT2D eigenvalue weighted by Crippen LogP contribution is 2.34. The first-order valence-electron chi connectivity index (χ1n) is 10.7. The Bertz CT molecular complexity index is 1050. The molecule has 2 aliphatic rings. The van der Waals surface area contributed by atoms with Gasteiger partial charge in [-0.2, -0.15) is 0 Å². The van der Waals surface area contributed by atoms with E-state index in [1.165, 1.54) is 0 Å². The molecule has 0 bridgehead atoms. The predicted octanol–water partition coefficient (Wildman–Crippen LogP) is 3.42. The van der Waals surface area contributed by atoms with Crippen LogP contribution in [0.4, 0.5) is 0 Å². The number of benzene rings is 2. The number of nitrogens with one attached hydrogen (secondary N) is 2. The molecule has 5 rings (SSSR count). The molecule has 1 aromatic heterocycles. The number of carbonyl (C=O) groups excluding carboxylic acids is 1. The summed E-state index contributed by atoms with van der Waals surface area (Å²) in [6.07, 6.45) is 2.08. The molecule has 6 nitrogen and oxygen atoms in total. The van der Waals surface area contributed by atoms with Gasteiger partial charge in [-0.1, -0.05) is 18.2 Å². The van der Waals surface area contributed by atoms with E-state index >= 15 is 0 Å². The number of para-hydroxylation sites is 1. The van der Waals surface area contributed by atoms with Crippen LogP contribution in [-0.4, -0.2) is 41.6 Å². The molecule has 0 spiro atoms. The summed E-state index contributed by atoms with van der Waals surface area (Å²) in [6, 6.07) is 15.6. The monoisotopic (exact) mass is 402 g/mol. The van der Waals surface area contributed by atoms with Crippen LogP contribution in [0.15, 0.2) is 48.5 Å². The van der Waals surface area contributed by atoms with Gasteiger partial charge >= 0.3 is 0 Å². The van der Waals surface area contributed by atoms with Crippen LogP contribution in [0.2, 0.25) is 0 Å². The molecule has 1 aliphatic heterocycles. The number of rotatable bonds is 5. The van der Waals surface area contributed by atoms with Crippen LogP contribution in [0.5, 0.6) is 5.75 Å². The Kier molecular flexibility index (Phi) is 5.09. The third-order valence-corrected chi connectivity index (χ3v) is 6.23. The molecule has 1 unspecified atom stereocenters. The van der Waals surface area contributed by atoms with Gasteiger partial charge in [-0.05, 0) is 75.0 Å². The fourth-order valence-corrected chi connectivity index (χ4v) is 4.78. The Balaban J connectivity index is 1.45. The van der Waals surface area contributed by atoms with E-state index in [4.69, 9.17) is 9.72 Å². The van der Waals surface area contributed by atoms with Crippen molar-refractivity contribution in [3.05, 3.63) is 54.2 Å². The lowest BCUT2D eigenvalue weighted by Crippen LogP contribution is -2.35. The van der Waals surface area contributed by atoms with Crippen LogP contribution in [0.1, 0.15) is 30.3 Å². The predicted molar refractivity (Wildman–Crippen MR) is 116 cm³/mol. The molecule has 2 aromatic carbocycles. The van der Waals surface area contributed by atoms with Crippen LogP contribution < -0.4 is 15.4 Å². The molecule has 0 radical (unpaired) electrons. The second-order valence-corrected chi connectivity index (χ2v) is 8.19. The van der Waals surface area contributed by atoms with Crippen molar-refractivity contribution in [2.75, 3.05) is 19.7 Å². The lowest BCUT2D eigenvalue weighted by molar-refractivity contribution is 0.0933. The number of amides is 1. The summed E-state index contributed by atoms with van der Waals surface area (Å²) in [5, 5.41) is 7.47. The zero-order valence-electron chi connectivity index (χ0n) is 17.1. The summed E-state index contributed by atoms with van der Waals surface area (Å²) in [7, 11) is 0. The number of ether oxygens (including phenoxy) is 1. The van der Waals surface area contributed by atoms with Crippen LogP contribution in [0.25, 0.3) is 22.3 Å². The normalized spacial score (nSPS) is 22.8. The maximum absolute atomic E-state index is 13.2. The average molecular weight is 402 g/mol. The largest absolute Gasteiger partial charge is 0.494 e. The van der Waals surface area contributed by atoms with Gasteiger partial charge in [0, 0.05) is 17.0 Å². The summed E-state index contributed by atoms with van der Waals surface area (Å²) < 4.78 is 5.53. The third-order valence-electron chi connectivity index (χ3n) is 6.23. The molecule has 2 heterocycles. The van der Waals surface area contributed by atoms with E-state index in [1.807, 2.05) is 55.5 Å². The number of hydrogen-bond donors (Lipinski definition) is 2. The number of carbonyl (C=O) groups is 1. The van der Waals surface area contributed by atoms with Crippen molar-refractivity contribution in [2.45, 2.75) is 25.8 Å². The maximum atomic E-state index is 13.2. The van der Waals surface area contributed by atoms with Crippen LogP contribution in [-0.2, 0) is 0 Å². The minimum absolute atomic E-state index is 0.112. The Morgan fingerprint density at radius 2 is 1.80 bits per heavy atom. The summed E-state index contributed by atoms with van der Waals surface area (Å²) >= 11 is 0. The Morgan fingerprint density at radius 1 is 1.07 bits per heavy atom. The standard InChI is InChI=1S/C24H26N4O2/c1-2-30-19-9-7-15(8-10-19)23-27-21-6-4-3-5-20(21)22(28-23)24(29)26-18-11-16-13-25-14-17(16)12-18/h3-10,16-18,25H,2,11-14H2,1H3,(H,26,29)/t16-,17+,18?. The van der Waals surface area contributed by atoms with E-state index in [9.17, 15) is 4.79 Å². The van der Waals surface area contributed by atoms with Gasteiger partial charge in [-0.15, -0.1) is 0 Å². The van der Waals surface area contributed by atoms with E-state index in [2.05, 4.69) is 15.6 Å². The summed E-state index contributed by atoms with van der Waals surface area (Å²) in [5.74, 6) is 2.60. The molecular formula is C24H26N4O2. The molecule has 154 valence electrons. The maximum Gasteiger partial charge on any atom is 0.270 e. The average Bonchev–Trinajstić information content (AvgIpc) is 3.35. The zero-order chi connectivity index (χ0) is 20.5. The second kappa shape index (κ2) is 8.03. The smallest absolute Gasteiger partial charge is 0.270 e. The Hall–Kier alpha value is -2.99. The topological polar surface area (TPSA) is 76.1 Å². The van der Waals surface area contributed by atoms with Gasteiger partial charge in [0.1, 0.15) is 11.4 Å². The van der Waals surface area contributed by atoms with Crippen molar-refractivity contribution < 1.29 is 9.53 Å². The minimum Gasteiger partial charge on any atom is -0.494 e. The molecule has 2 fully saturated rings. The van der Waals surface area contributed by atoms with Gasteiger partial charge in [-0.3, -0.25) is 4.79 Å². The van der Waals surface area contributed by atoms with E-state index in [0.717, 1.165) is 48.1 Å². The number of nitrogens with zero attached hydrogens (tertiary/aromatic N) is 2. The van der Waals surface area contributed by atoms with E-state index in [1.54, 1.807) is 0 Å². The second-order valence-electron chi connectivity index (χ2n) is 8.19. The van der Waals surface area contributed by atoms with Crippen molar-refractivity contribution in [1.82, 2.24) is 20.6 Å². The quantitative estimate of drug-likeness (QED) is 0.684. The SMILES string of the molecule is CCOc1ccc(-c2nc(C(=O)NC3C[C@H]4CNC[C@H]4C3)c3ccccc3n2)cc1. The van der Waals surface area contributed by atoms with Gasteiger partial charge in [-0.25, -0.2) is 9.97 Å². The first-order valence-corrected chi connectivity index (χ1v) is 10.7. The van der Waals surface area contributed by atoms with Crippen LogP contribution in [0, 0.1) is 11.8 Å². The third kappa shape index (κ3) is 3.63. The summed E-state index contributed by atoms with van der Waals surface area (Å²) in [6.45, 7) is 4.71. The van der Waals surface area contributed by atoms with E-state index in [0.29, 0.717) is 30.0 Å². The van der Waals surface area contributed by atoms with Gasteiger partial charge in [0.25, 0.3) is 5.91 Å².